The molecule has 0 saturated heterocycles. The van der Waals surface area contributed by atoms with E-state index in [1.807, 2.05) is 41.0 Å². The quantitative estimate of drug-likeness (QED) is 0.283. The van der Waals surface area contributed by atoms with E-state index in [0.29, 0.717) is 10.7 Å². The molecule has 0 atom stereocenters. The lowest BCUT2D eigenvalue weighted by Crippen LogP contribution is -2.05. The van der Waals surface area contributed by atoms with Crippen molar-refractivity contribution in [2.45, 2.75) is 19.0 Å². The molecule has 5 rings (SSSR count). The van der Waals surface area contributed by atoms with Gasteiger partial charge >= 0.3 is 0 Å². The van der Waals surface area contributed by atoms with Crippen molar-refractivity contribution < 1.29 is 4.79 Å². The van der Waals surface area contributed by atoms with Crippen LogP contribution in [-0.4, -0.2) is 36.3 Å². The predicted molar refractivity (Wildman–Crippen MR) is 127 cm³/mol. The van der Waals surface area contributed by atoms with Crippen LogP contribution in [0.25, 0.3) is 28.0 Å². The van der Waals surface area contributed by atoms with E-state index < -0.39 is 0 Å². The lowest BCUT2D eigenvalue weighted by atomic mass is 10.1. The zero-order valence-corrected chi connectivity index (χ0v) is 18.6. The van der Waals surface area contributed by atoms with Crippen LogP contribution < -0.4 is 0 Å². The summed E-state index contributed by atoms with van der Waals surface area (Å²) in [6, 6.07) is 17.9. The minimum Gasteiger partial charge on any atom is -0.360 e. The molecule has 0 saturated carbocycles. The van der Waals surface area contributed by atoms with E-state index in [1.165, 1.54) is 22.9 Å². The number of benzene rings is 2. The van der Waals surface area contributed by atoms with Gasteiger partial charge in [-0.25, -0.2) is 0 Å². The molecule has 32 heavy (non-hydrogen) atoms. The summed E-state index contributed by atoms with van der Waals surface area (Å²) in [4.78, 5) is 20.3. The molecular weight excluding hydrogens is 418 g/mol. The third-order valence-corrected chi connectivity index (χ3v) is 6.47. The standard InChI is InChI=1S/C25H21N5OS/c1-16-7-8-19(13-17(16)2)30-24(18-9-11-26-12-10-18)28-29-25(30)32-15-23(31)21-14-27-22-6-4-3-5-20(21)22/h3-14,27H,15H2,1-2H3. The number of para-hydroxylation sites is 1. The maximum absolute atomic E-state index is 13.0. The van der Waals surface area contributed by atoms with Crippen LogP contribution in [0.4, 0.5) is 0 Å². The highest BCUT2D eigenvalue weighted by molar-refractivity contribution is 7.99. The topological polar surface area (TPSA) is 76.5 Å². The summed E-state index contributed by atoms with van der Waals surface area (Å²) in [6.45, 7) is 4.17. The maximum Gasteiger partial charge on any atom is 0.196 e. The number of rotatable bonds is 6. The fourth-order valence-corrected chi connectivity index (χ4v) is 4.49. The first kappa shape index (κ1) is 20.2. The van der Waals surface area contributed by atoms with Gasteiger partial charge in [-0.3, -0.25) is 14.3 Å². The number of carbonyl (C=O) groups excluding carboxylic acids is 1. The van der Waals surface area contributed by atoms with E-state index >= 15 is 0 Å². The number of fused-ring (bicyclic) bond motifs is 1. The van der Waals surface area contributed by atoms with Crippen molar-refractivity contribution in [1.29, 1.82) is 0 Å². The molecule has 0 aliphatic rings. The van der Waals surface area contributed by atoms with Crippen molar-refractivity contribution in [2.24, 2.45) is 0 Å². The van der Waals surface area contributed by atoms with Gasteiger partial charge in [0.05, 0.1) is 11.4 Å². The lowest BCUT2D eigenvalue weighted by molar-refractivity contribution is 0.102. The van der Waals surface area contributed by atoms with Crippen LogP contribution >= 0.6 is 11.8 Å². The Morgan fingerprint density at radius 1 is 1.00 bits per heavy atom. The summed E-state index contributed by atoms with van der Waals surface area (Å²) in [5, 5.41) is 10.5. The molecule has 3 heterocycles. The zero-order valence-electron chi connectivity index (χ0n) is 17.7. The second kappa shape index (κ2) is 8.43. The molecule has 3 aromatic heterocycles. The number of aromatic amines is 1. The van der Waals surface area contributed by atoms with E-state index in [1.54, 1.807) is 18.6 Å². The fraction of sp³-hybridized carbons (Fsp3) is 0.120. The Bertz CT molecular complexity index is 1420. The van der Waals surface area contributed by atoms with Gasteiger partial charge in [-0.1, -0.05) is 36.0 Å². The first-order valence-corrected chi connectivity index (χ1v) is 11.3. The predicted octanol–water partition coefficient (Wildman–Crippen LogP) is 5.40. The van der Waals surface area contributed by atoms with Gasteiger partial charge in [0.1, 0.15) is 0 Å². The SMILES string of the molecule is Cc1ccc(-n2c(SCC(=O)c3c[nH]c4ccccc34)nnc2-c2ccncc2)cc1C. The van der Waals surface area contributed by atoms with Gasteiger partial charge in [0, 0.05) is 40.6 Å². The number of nitrogens with one attached hydrogen (secondary N) is 1. The van der Waals surface area contributed by atoms with Gasteiger partial charge in [-0.2, -0.15) is 0 Å². The monoisotopic (exact) mass is 439 g/mol. The molecule has 0 radical (unpaired) electrons. The number of ketones is 1. The zero-order chi connectivity index (χ0) is 22.1. The van der Waals surface area contributed by atoms with Crippen molar-refractivity contribution in [2.75, 3.05) is 5.75 Å². The Labute approximate surface area is 189 Å². The minimum atomic E-state index is 0.0487. The number of nitrogens with zero attached hydrogens (tertiary/aromatic N) is 4. The molecule has 158 valence electrons. The lowest BCUT2D eigenvalue weighted by Gasteiger charge is -2.12. The van der Waals surface area contributed by atoms with Gasteiger partial charge in [-0.05, 0) is 55.3 Å². The molecule has 0 bridgehead atoms. The number of Topliss-reactive ketones (excluding diaryl/α,β-unsaturated/α-hetero) is 1. The summed E-state index contributed by atoms with van der Waals surface area (Å²) < 4.78 is 2.01. The summed E-state index contributed by atoms with van der Waals surface area (Å²) in [5.41, 5.74) is 5.94. The van der Waals surface area contributed by atoms with Crippen LogP contribution in [0.15, 0.2) is 78.3 Å². The molecule has 5 aromatic rings. The third-order valence-electron chi connectivity index (χ3n) is 5.54. The molecule has 0 spiro atoms. The second-order valence-corrected chi connectivity index (χ2v) is 8.55. The van der Waals surface area contributed by atoms with Gasteiger partial charge in [0.2, 0.25) is 0 Å². The normalized spacial score (nSPS) is 11.2. The van der Waals surface area contributed by atoms with Crippen LogP contribution in [-0.2, 0) is 0 Å². The van der Waals surface area contributed by atoms with Crippen molar-refractivity contribution in [3.05, 3.63) is 89.9 Å². The Hall–Kier alpha value is -3.71. The largest absolute Gasteiger partial charge is 0.360 e. The smallest absolute Gasteiger partial charge is 0.196 e. The average molecular weight is 440 g/mol. The average Bonchev–Trinajstić information content (AvgIpc) is 3.44. The summed E-state index contributed by atoms with van der Waals surface area (Å²) in [6.07, 6.45) is 5.26. The van der Waals surface area contributed by atoms with Crippen LogP contribution in [0.3, 0.4) is 0 Å². The number of aryl methyl sites for hydroxylation is 2. The summed E-state index contributed by atoms with van der Waals surface area (Å²) in [7, 11) is 0. The molecule has 1 N–H and O–H groups in total. The van der Waals surface area contributed by atoms with Crippen molar-refractivity contribution in [3.63, 3.8) is 0 Å². The van der Waals surface area contributed by atoms with Crippen molar-refractivity contribution in [1.82, 2.24) is 24.7 Å². The second-order valence-electron chi connectivity index (χ2n) is 7.61. The van der Waals surface area contributed by atoms with E-state index in [0.717, 1.165) is 28.0 Å². The molecule has 0 unspecified atom stereocenters. The molecule has 6 nitrogen and oxygen atoms in total. The Morgan fingerprint density at radius 3 is 2.62 bits per heavy atom. The van der Waals surface area contributed by atoms with E-state index in [9.17, 15) is 4.79 Å². The molecule has 0 amide bonds. The van der Waals surface area contributed by atoms with E-state index in [-0.39, 0.29) is 11.5 Å². The minimum absolute atomic E-state index is 0.0487. The van der Waals surface area contributed by atoms with Crippen LogP contribution in [0.2, 0.25) is 0 Å². The maximum atomic E-state index is 13.0. The van der Waals surface area contributed by atoms with Gasteiger partial charge in [0.25, 0.3) is 0 Å². The van der Waals surface area contributed by atoms with Gasteiger partial charge in [-0.15, -0.1) is 10.2 Å². The molecule has 2 aromatic carbocycles. The fourth-order valence-electron chi connectivity index (χ4n) is 3.66. The van der Waals surface area contributed by atoms with Crippen molar-refractivity contribution in [3.8, 4) is 17.1 Å². The number of pyridine rings is 1. The first-order chi connectivity index (χ1) is 15.6. The van der Waals surface area contributed by atoms with Crippen LogP contribution in [0, 0.1) is 13.8 Å². The Morgan fingerprint density at radius 2 is 1.81 bits per heavy atom. The van der Waals surface area contributed by atoms with Gasteiger partial charge in [0.15, 0.2) is 16.8 Å². The first-order valence-electron chi connectivity index (χ1n) is 10.3. The highest BCUT2D eigenvalue weighted by Gasteiger charge is 2.19. The Balaban J connectivity index is 1.50. The highest BCUT2D eigenvalue weighted by atomic mass is 32.2. The molecule has 0 aliphatic heterocycles. The third kappa shape index (κ3) is 3.71. The summed E-state index contributed by atoms with van der Waals surface area (Å²) >= 11 is 1.39. The van der Waals surface area contributed by atoms with Gasteiger partial charge < -0.3 is 4.98 Å². The molecule has 0 aliphatic carbocycles. The van der Waals surface area contributed by atoms with E-state index in [4.69, 9.17) is 0 Å². The number of aromatic nitrogens is 5. The summed E-state index contributed by atoms with van der Waals surface area (Å²) in [5.74, 6) is 1.03. The molecule has 0 fully saturated rings. The van der Waals surface area contributed by atoms with Crippen molar-refractivity contribution >= 4 is 28.4 Å². The number of hydrogen-bond acceptors (Lipinski definition) is 5. The number of thioether (sulfide) groups is 1. The number of carbonyl (C=O) groups is 1. The number of H-pyrrole nitrogens is 1. The molecule has 7 heteroatoms. The van der Waals surface area contributed by atoms with Crippen LogP contribution in [0.1, 0.15) is 21.5 Å². The molecular formula is C25H21N5OS. The highest BCUT2D eigenvalue weighted by Crippen LogP contribution is 2.29. The van der Waals surface area contributed by atoms with E-state index in [2.05, 4.69) is 52.2 Å². The van der Waals surface area contributed by atoms with Crippen LogP contribution in [0.5, 0.6) is 0 Å². The Kier molecular flexibility index (Phi) is 5.33. The number of hydrogen-bond donors (Lipinski definition) is 1.